The molecule has 3 rings (SSSR count). The topological polar surface area (TPSA) is 33.2 Å². The summed E-state index contributed by atoms with van der Waals surface area (Å²) in [6.07, 6.45) is 7.00. The lowest BCUT2D eigenvalue weighted by molar-refractivity contribution is 0.0695. The number of amides is 1. The molecule has 4 heteroatoms. The second-order valence-electron chi connectivity index (χ2n) is 5.73. The van der Waals surface area contributed by atoms with Gasteiger partial charge in [-0.25, -0.2) is 0 Å². The number of aryl methyl sites for hydroxylation is 1. The van der Waals surface area contributed by atoms with Crippen molar-refractivity contribution in [2.24, 2.45) is 5.92 Å². The third kappa shape index (κ3) is 3.32. The van der Waals surface area contributed by atoms with Crippen LogP contribution in [0.4, 0.5) is 0 Å². The highest BCUT2D eigenvalue weighted by Gasteiger charge is 2.25. The van der Waals surface area contributed by atoms with Crippen molar-refractivity contribution in [3.05, 3.63) is 52.0 Å². The number of hydrogen-bond acceptors (Lipinski definition) is 3. The first-order valence-corrected chi connectivity index (χ1v) is 8.34. The van der Waals surface area contributed by atoms with Crippen LogP contribution in [0.2, 0.25) is 0 Å². The van der Waals surface area contributed by atoms with Gasteiger partial charge < -0.3 is 4.90 Å². The SMILES string of the molecule is Cc1ccsc1C(=O)N1CCC(Cc2ccncc2)CC1. The zero-order valence-electron chi connectivity index (χ0n) is 12.3. The van der Waals surface area contributed by atoms with Gasteiger partial charge in [-0.15, -0.1) is 11.3 Å². The van der Waals surface area contributed by atoms with Crippen LogP contribution >= 0.6 is 11.3 Å². The van der Waals surface area contributed by atoms with Crippen LogP contribution < -0.4 is 0 Å². The summed E-state index contributed by atoms with van der Waals surface area (Å²) in [6, 6.07) is 6.20. The number of likely N-dealkylation sites (tertiary alicyclic amines) is 1. The lowest BCUT2D eigenvalue weighted by atomic mass is 9.90. The van der Waals surface area contributed by atoms with Crippen LogP contribution in [0, 0.1) is 12.8 Å². The minimum absolute atomic E-state index is 0.213. The van der Waals surface area contributed by atoms with Crippen LogP contribution in [0.1, 0.15) is 33.6 Å². The predicted octanol–water partition coefficient (Wildman–Crippen LogP) is 3.55. The molecule has 1 aliphatic heterocycles. The quantitative estimate of drug-likeness (QED) is 0.868. The van der Waals surface area contributed by atoms with Crippen LogP contribution in [0.5, 0.6) is 0 Å². The lowest BCUT2D eigenvalue weighted by Gasteiger charge is -2.32. The number of piperidine rings is 1. The molecule has 2 aromatic heterocycles. The van der Waals surface area contributed by atoms with Gasteiger partial charge in [0.25, 0.3) is 5.91 Å². The molecule has 1 saturated heterocycles. The first-order valence-electron chi connectivity index (χ1n) is 7.46. The van der Waals surface area contributed by atoms with Crippen molar-refractivity contribution < 1.29 is 4.79 Å². The van der Waals surface area contributed by atoms with E-state index in [-0.39, 0.29) is 5.91 Å². The number of nitrogens with zero attached hydrogens (tertiary/aromatic N) is 2. The molecule has 0 aliphatic carbocycles. The second kappa shape index (κ2) is 6.39. The number of rotatable bonds is 3. The van der Waals surface area contributed by atoms with Gasteiger partial charge in [0.15, 0.2) is 0 Å². The fourth-order valence-corrected chi connectivity index (χ4v) is 3.82. The lowest BCUT2D eigenvalue weighted by Crippen LogP contribution is -2.38. The Kier molecular flexibility index (Phi) is 4.34. The Bertz CT molecular complexity index is 600. The van der Waals surface area contributed by atoms with Gasteiger partial charge in [0.2, 0.25) is 0 Å². The van der Waals surface area contributed by atoms with E-state index in [4.69, 9.17) is 0 Å². The maximum atomic E-state index is 12.5. The molecule has 1 amide bonds. The standard InChI is InChI=1S/C17H20N2OS/c1-13-6-11-21-16(13)17(20)19-9-4-15(5-10-19)12-14-2-7-18-8-3-14/h2-3,6-8,11,15H,4-5,9-10,12H2,1H3. The summed E-state index contributed by atoms with van der Waals surface area (Å²) < 4.78 is 0. The molecule has 0 aromatic carbocycles. The number of aromatic nitrogens is 1. The Morgan fingerprint density at radius 3 is 2.62 bits per heavy atom. The first kappa shape index (κ1) is 14.3. The Hall–Kier alpha value is -1.68. The van der Waals surface area contributed by atoms with Gasteiger partial charge in [-0.05, 0) is 66.8 Å². The third-order valence-corrected chi connectivity index (χ3v) is 5.24. The summed E-state index contributed by atoms with van der Waals surface area (Å²) in [5, 5.41) is 2.00. The Balaban J connectivity index is 1.56. The zero-order chi connectivity index (χ0) is 14.7. The molecule has 0 N–H and O–H groups in total. The zero-order valence-corrected chi connectivity index (χ0v) is 13.1. The van der Waals surface area contributed by atoms with Crippen LogP contribution in [-0.2, 0) is 6.42 Å². The van der Waals surface area contributed by atoms with Crippen molar-refractivity contribution in [3.63, 3.8) is 0 Å². The monoisotopic (exact) mass is 300 g/mol. The molecule has 0 radical (unpaired) electrons. The molecule has 0 saturated carbocycles. The van der Waals surface area contributed by atoms with E-state index in [0.717, 1.165) is 42.8 Å². The predicted molar refractivity (Wildman–Crippen MR) is 85.6 cm³/mol. The molecule has 21 heavy (non-hydrogen) atoms. The van der Waals surface area contributed by atoms with Gasteiger partial charge in [0.1, 0.15) is 0 Å². The normalized spacial score (nSPS) is 16.1. The molecule has 1 fully saturated rings. The molecular formula is C17H20N2OS. The third-order valence-electron chi connectivity index (χ3n) is 4.23. The highest BCUT2D eigenvalue weighted by molar-refractivity contribution is 7.12. The average Bonchev–Trinajstić information content (AvgIpc) is 2.94. The number of carbonyl (C=O) groups excluding carboxylic acids is 1. The van der Waals surface area contributed by atoms with Gasteiger partial charge in [-0.3, -0.25) is 9.78 Å². The molecule has 0 bridgehead atoms. The summed E-state index contributed by atoms with van der Waals surface area (Å²) in [7, 11) is 0. The maximum Gasteiger partial charge on any atom is 0.264 e. The van der Waals surface area contributed by atoms with Gasteiger partial charge in [-0.1, -0.05) is 0 Å². The van der Waals surface area contributed by atoms with E-state index >= 15 is 0 Å². The van der Waals surface area contributed by atoms with Crippen LogP contribution in [-0.4, -0.2) is 28.9 Å². The molecule has 0 atom stereocenters. The highest BCUT2D eigenvalue weighted by Crippen LogP contribution is 2.25. The first-order chi connectivity index (χ1) is 10.2. The summed E-state index contributed by atoms with van der Waals surface area (Å²) in [5.74, 6) is 0.894. The Labute approximate surface area is 129 Å². The van der Waals surface area contributed by atoms with Crippen molar-refractivity contribution in [1.29, 1.82) is 0 Å². The second-order valence-corrected chi connectivity index (χ2v) is 6.64. The molecule has 1 aliphatic rings. The highest BCUT2D eigenvalue weighted by atomic mass is 32.1. The van der Waals surface area contributed by atoms with E-state index in [1.54, 1.807) is 11.3 Å². The minimum atomic E-state index is 0.213. The smallest absolute Gasteiger partial charge is 0.264 e. The van der Waals surface area contributed by atoms with Crippen molar-refractivity contribution in [1.82, 2.24) is 9.88 Å². The van der Waals surface area contributed by atoms with Gasteiger partial charge in [0.05, 0.1) is 4.88 Å². The summed E-state index contributed by atoms with van der Waals surface area (Å²) in [5.41, 5.74) is 2.45. The van der Waals surface area contributed by atoms with E-state index < -0.39 is 0 Å². The van der Waals surface area contributed by atoms with E-state index in [1.165, 1.54) is 5.56 Å². The van der Waals surface area contributed by atoms with E-state index in [9.17, 15) is 4.79 Å². The molecule has 0 spiro atoms. The van der Waals surface area contributed by atoms with E-state index in [1.807, 2.05) is 35.7 Å². The van der Waals surface area contributed by atoms with Crippen molar-refractivity contribution >= 4 is 17.2 Å². The van der Waals surface area contributed by atoms with Gasteiger partial charge in [-0.2, -0.15) is 0 Å². The van der Waals surface area contributed by atoms with Crippen molar-refractivity contribution in [2.45, 2.75) is 26.2 Å². The fraction of sp³-hybridized carbons (Fsp3) is 0.412. The van der Waals surface area contributed by atoms with Crippen LogP contribution in [0.3, 0.4) is 0 Å². The average molecular weight is 300 g/mol. The minimum Gasteiger partial charge on any atom is -0.338 e. The number of hydrogen-bond donors (Lipinski definition) is 0. The number of thiophene rings is 1. The van der Waals surface area contributed by atoms with Gasteiger partial charge >= 0.3 is 0 Å². The maximum absolute atomic E-state index is 12.5. The molecule has 3 heterocycles. The Morgan fingerprint density at radius 2 is 2.00 bits per heavy atom. The van der Waals surface area contributed by atoms with Crippen LogP contribution in [0.25, 0.3) is 0 Å². The van der Waals surface area contributed by atoms with Crippen LogP contribution in [0.15, 0.2) is 36.0 Å². The summed E-state index contributed by atoms with van der Waals surface area (Å²) >= 11 is 1.56. The van der Waals surface area contributed by atoms with Gasteiger partial charge in [0, 0.05) is 25.5 Å². The number of pyridine rings is 1. The van der Waals surface area contributed by atoms with E-state index in [2.05, 4.69) is 17.1 Å². The van der Waals surface area contributed by atoms with Crippen molar-refractivity contribution in [3.8, 4) is 0 Å². The molecule has 110 valence electrons. The number of carbonyl (C=O) groups is 1. The molecule has 2 aromatic rings. The van der Waals surface area contributed by atoms with Crippen molar-refractivity contribution in [2.75, 3.05) is 13.1 Å². The molecular weight excluding hydrogens is 280 g/mol. The molecule has 3 nitrogen and oxygen atoms in total. The fourth-order valence-electron chi connectivity index (χ4n) is 2.93. The largest absolute Gasteiger partial charge is 0.338 e. The Morgan fingerprint density at radius 1 is 1.29 bits per heavy atom. The van der Waals surface area contributed by atoms with E-state index in [0.29, 0.717) is 5.92 Å². The summed E-state index contributed by atoms with van der Waals surface area (Å²) in [4.78, 5) is 19.5. The summed E-state index contributed by atoms with van der Waals surface area (Å²) in [6.45, 7) is 3.78. The molecule has 0 unspecified atom stereocenters.